The van der Waals surface area contributed by atoms with Crippen LogP contribution in [0, 0.1) is 0 Å². The van der Waals surface area contributed by atoms with Crippen molar-refractivity contribution in [2.24, 2.45) is 0 Å². The lowest BCUT2D eigenvalue weighted by molar-refractivity contribution is -0.112. The first kappa shape index (κ1) is 5.34. The van der Waals surface area contributed by atoms with Gasteiger partial charge in [0.05, 0.1) is 0 Å². The predicted octanol–water partition coefficient (Wildman–Crippen LogP) is 0.552. The summed E-state index contributed by atoms with van der Waals surface area (Å²) in [6.07, 6.45) is 3.41. The molecule has 0 N–H and O–H groups in total. The third-order valence-electron chi connectivity index (χ3n) is 1.41. The van der Waals surface area contributed by atoms with Crippen LogP contribution in [-0.4, -0.2) is 19.9 Å². The van der Waals surface area contributed by atoms with Crippen molar-refractivity contribution in [3.05, 3.63) is 0 Å². The van der Waals surface area contributed by atoms with E-state index in [0.717, 1.165) is 6.42 Å². The summed E-state index contributed by atoms with van der Waals surface area (Å²) in [5, 5.41) is 1.28. The van der Waals surface area contributed by atoms with Crippen LogP contribution in [-0.2, 0) is 4.79 Å². The molecule has 0 aromatic rings. The molecule has 7 heavy (non-hydrogen) atoms. The Kier molecular flexibility index (Phi) is 1.90. The van der Waals surface area contributed by atoms with Crippen LogP contribution in [0.4, 0.5) is 0 Å². The normalized spacial score (nSPS) is 21.4. The van der Waals surface area contributed by atoms with E-state index in [1.54, 1.807) is 0 Å². The number of carbonyl (C=O) groups excluding carboxylic acids is 1. The van der Waals surface area contributed by atoms with Gasteiger partial charge in [-0.05, 0) is 12.8 Å². The summed E-state index contributed by atoms with van der Waals surface area (Å²) in [6, 6.07) is 0. The van der Waals surface area contributed by atoms with Crippen LogP contribution in [0.5, 0.6) is 0 Å². The van der Waals surface area contributed by atoms with E-state index in [4.69, 9.17) is 0 Å². The third-order valence-corrected chi connectivity index (χ3v) is 3.18. The van der Waals surface area contributed by atoms with Gasteiger partial charge in [-0.15, -0.1) is 0 Å². The molecule has 0 atom stereocenters. The first-order valence-corrected chi connectivity index (χ1v) is 4.62. The van der Waals surface area contributed by atoms with E-state index >= 15 is 0 Å². The van der Waals surface area contributed by atoms with Crippen molar-refractivity contribution in [3.63, 3.8) is 0 Å². The van der Waals surface area contributed by atoms with Crippen LogP contribution < -0.4 is 0 Å². The lowest BCUT2D eigenvalue weighted by Crippen LogP contribution is -2.12. The quantitative estimate of drug-likeness (QED) is 0.418. The second-order valence-corrected chi connectivity index (χ2v) is 4.10. The fourth-order valence-corrected chi connectivity index (χ4v) is 2.44. The lowest BCUT2D eigenvalue weighted by atomic mass is 10.3. The Morgan fingerprint density at radius 3 is 2.57 bits per heavy atom. The standard InChI is InChI=1S/C5H8O.Al.H/c1-2-3-4-5-6;;/h1-4H2;;. The van der Waals surface area contributed by atoms with Crippen LogP contribution in [0.15, 0.2) is 0 Å². The lowest BCUT2D eigenvalue weighted by Gasteiger charge is -2.03. The maximum Gasteiger partial charge on any atom is 0.342 e. The van der Waals surface area contributed by atoms with E-state index in [2.05, 4.69) is 0 Å². The van der Waals surface area contributed by atoms with Gasteiger partial charge >= 0.3 is 15.2 Å². The summed E-state index contributed by atoms with van der Waals surface area (Å²) >= 11 is -0.206. The Morgan fingerprint density at radius 1 is 1.43 bits per heavy atom. The van der Waals surface area contributed by atoms with E-state index in [0.29, 0.717) is 4.65 Å². The molecule has 1 fully saturated rings. The number of carbonyl (C=O) groups is 1. The predicted molar refractivity (Wildman–Crippen MR) is 30.8 cm³/mol. The largest absolute Gasteiger partial charge is 0.342 e. The molecule has 0 saturated carbocycles. The van der Waals surface area contributed by atoms with E-state index in [-0.39, 0.29) is 15.2 Å². The van der Waals surface area contributed by atoms with Crippen LogP contribution in [0.2, 0.25) is 5.28 Å². The van der Waals surface area contributed by atoms with Gasteiger partial charge in [0, 0.05) is 4.65 Å². The molecule has 0 unspecified atom stereocenters. The molecule has 1 rings (SSSR count). The van der Waals surface area contributed by atoms with Gasteiger partial charge in [-0.3, -0.25) is 0 Å². The zero-order valence-electron chi connectivity index (χ0n) is 4.44. The molecular formula is C5H9AlO. The van der Waals surface area contributed by atoms with Gasteiger partial charge < -0.3 is 4.79 Å². The average molecular weight is 112 g/mol. The fraction of sp³-hybridized carbons (Fsp3) is 0.800. The van der Waals surface area contributed by atoms with Crippen LogP contribution in [0.3, 0.4) is 0 Å². The summed E-state index contributed by atoms with van der Waals surface area (Å²) in [4.78, 5) is 10.5. The maximum absolute atomic E-state index is 10.5. The topological polar surface area (TPSA) is 17.1 Å². The van der Waals surface area contributed by atoms with Crippen molar-refractivity contribution in [1.29, 1.82) is 0 Å². The monoisotopic (exact) mass is 112 g/mol. The van der Waals surface area contributed by atoms with E-state index in [9.17, 15) is 4.79 Å². The molecule has 1 aliphatic rings. The summed E-state index contributed by atoms with van der Waals surface area (Å²) in [5.41, 5.74) is 0. The minimum absolute atomic E-state index is 0.206. The van der Waals surface area contributed by atoms with E-state index < -0.39 is 0 Å². The highest BCUT2D eigenvalue weighted by Gasteiger charge is 2.09. The average Bonchev–Trinajstić information content (AvgIpc) is 1.69. The minimum atomic E-state index is -0.206. The van der Waals surface area contributed by atoms with Crippen molar-refractivity contribution in [3.8, 4) is 0 Å². The van der Waals surface area contributed by atoms with Crippen LogP contribution >= 0.6 is 0 Å². The van der Waals surface area contributed by atoms with Gasteiger partial charge in [-0.1, -0.05) is 11.7 Å². The third kappa shape index (κ3) is 1.63. The van der Waals surface area contributed by atoms with Crippen molar-refractivity contribution < 1.29 is 4.79 Å². The minimum Gasteiger partial charge on any atom is -0.321 e. The molecule has 1 aliphatic heterocycles. The first-order chi connectivity index (χ1) is 3.39. The first-order valence-electron chi connectivity index (χ1n) is 2.91. The molecule has 1 nitrogen and oxygen atoms in total. The van der Waals surface area contributed by atoms with Gasteiger partial charge in [-0.2, -0.15) is 0 Å². The number of rotatable bonds is 0. The Hall–Kier alpha value is 0.202. The van der Waals surface area contributed by atoms with Crippen LogP contribution in [0.1, 0.15) is 19.3 Å². The number of hydrogen-bond donors (Lipinski definition) is 0. The molecule has 0 bridgehead atoms. The molecule has 0 spiro atoms. The van der Waals surface area contributed by atoms with Gasteiger partial charge in [0.2, 0.25) is 0 Å². The molecule has 1 saturated heterocycles. The SMILES string of the molecule is O=[C]1CCC[CH2][AlH]1. The second-order valence-electron chi connectivity index (χ2n) is 2.10. The summed E-state index contributed by atoms with van der Waals surface area (Å²) in [5.74, 6) is 0. The molecule has 0 aliphatic carbocycles. The van der Waals surface area contributed by atoms with E-state index in [1.165, 1.54) is 18.1 Å². The van der Waals surface area contributed by atoms with Gasteiger partial charge in [-0.25, -0.2) is 0 Å². The summed E-state index contributed by atoms with van der Waals surface area (Å²) in [6.45, 7) is 0. The number of hydrogen-bond acceptors (Lipinski definition) is 1. The zero-order chi connectivity index (χ0) is 5.11. The Bertz CT molecular complexity index is 72.1. The van der Waals surface area contributed by atoms with Crippen molar-refractivity contribution >= 4 is 19.9 Å². The molecule has 2 heteroatoms. The van der Waals surface area contributed by atoms with Gasteiger partial charge in [0.15, 0.2) is 0 Å². The molecule has 1 heterocycles. The Morgan fingerprint density at radius 2 is 2.29 bits per heavy atom. The highest BCUT2D eigenvalue weighted by atomic mass is 27.1. The molecule has 38 valence electrons. The molecule has 0 aromatic heterocycles. The molecule has 0 radical (unpaired) electrons. The van der Waals surface area contributed by atoms with E-state index in [1.807, 2.05) is 0 Å². The highest BCUT2D eigenvalue weighted by molar-refractivity contribution is 6.74. The highest BCUT2D eigenvalue weighted by Crippen LogP contribution is 2.06. The second kappa shape index (κ2) is 2.50. The summed E-state index contributed by atoms with van der Waals surface area (Å²) < 4.78 is 0.603. The smallest absolute Gasteiger partial charge is 0.321 e. The van der Waals surface area contributed by atoms with Crippen LogP contribution in [0.25, 0.3) is 0 Å². The molecular weight excluding hydrogens is 103 g/mol. The Balaban J connectivity index is 2.25. The molecule has 0 amide bonds. The summed E-state index contributed by atoms with van der Waals surface area (Å²) in [7, 11) is 0. The van der Waals surface area contributed by atoms with Crippen molar-refractivity contribution in [1.82, 2.24) is 0 Å². The zero-order valence-corrected chi connectivity index (χ0v) is 5.86. The van der Waals surface area contributed by atoms with Crippen molar-refractivity contribution in [2.75, 3.05) is 0 Å². The van der Waals surface area contributed by atoms with Gasteiger partial charge in [0.25, 0.3) is 0 Å². The maximum atomic E-state index is 10.5. The van der Waals surface area contributed by atoms with Gasteiger partial charge in [0.1, 0.15) is 0 Å². The van der Waals surface area contributed by atoms with Crippen molar-refractivity contribution in [2.45, 2.75) is 24.5 Å². The Labute approximate surface area is 49.8 Å². The molecule has 0 aromatic carbocycles. The fourth-order valence-electron chi connectivity index (χ4n) is 0.946.